The standard InChI is InChI=1S/C14H27N3O2/c1-11(2)17-7-3-12(4-8-17)15-14(19)10-16-6-5-13(18)9-16/h11-13,18H,3-10H2,1-2H3,(H,15,19)/t13-/m0/s1. The third kappa shape index (κ3) is 4.44. The fourth-order valence-electron chi connectivity index (χ4n) is 2.99. The Labute approximate surface area is 115 Å². The topological polar surface area (TPSA) is 55.8 Å². The lowest BCUT2D eigenvalue weighted by molar-refractivity contribution is -0.123. The summed E-state index contributed by atoms with van der Waals surface area (Å²) in [6.45, 7) is 8.49. The van der Waals surface area contributed by atoms with Crippen molar-refractivity contribution in [3.8, 4) is 0 Å². The first-order chi connectivity index (χ1) is 9.04. The van der Waals surface area contributed by atoms with Crippen molar-refractivity contribution in [1.29, 1.82) is 0 Å². The van der Waals surface area contributed by atoms with Gasteiger partial charge >= 0.3 is 0 Å². The van der Waals surface area contributed by atoms with Gasteiger partial charge in [-0.1, -0.05) is 0 Å². The van der Waals surface area contributed by atoms with Crippen LogP contribution in [0, 0.1) is 0 Å². The fraction of sp³-hybridized carbons (Fsp3) is 0.929. The number of carbonyl (C=O) groups excluding carboxylic acids is 1. The lowest BCUT2D eigenvalue weighted by atomic mass is 10.0. The Hall–Kier alpha value is -0.650. The van der Waals surface area contributed by atoms with Crippen LogP contribution in [0.5, 0.6) is 0 Å². The van der Waals surface area contributed by atoms with Gasteiger partial charge in [0.25, 0.3) is 0 Å². The summed E-state index contributed by atoms with van der Waals surface area (Å²) >= 11 is 0. The second-order valence-corrected chi connectivity index (χ2v) is 6.15. The molecule has 2 aliphatic heterocycles. The molecule has 0 bridgehead atoms. The molecular weight excluding hydrogens is 242 g/mol. The summed E-state index contributed by atoms with van der Waals surface area (Å²) in [5, 5.41) is 12.6. The number of hydrogen-bond donors (Lipinski definition) is 2. The van der Waals surface area contributed by atoms with Crippen LogP contribution in [-0.2, 0) is 4.79 Å². The van der Waals surface area contributed by atoms with Gasteiger partial charge in [0.1, 0.15) is 0 Å². The third-order valence-electron chi connectivity index (χ3n) is 4.24. The van der Waals surface area contributed by atoms with E-state index in [1.165, 1.54) is 0 Å². The smallest absolute Gasteiger partial charge is 0.234 e. The van der Waals surface area contributed by atoms with E-state index < -0.39 is 0 Å². The Morgan fingerprint density at radius 2 is 1.95 bits per heavy atom. The maximum Gasteiger partial charge on any atom is 0.234 e. The van der Waals surface area contributed by atoms with Crippen LogP contribution in [0.3, 0.4) is 0 Å². The van der Waals surface area contributed by atoms with Gasteiger partial charge in [0.2, 0.25) is 5.91 Å². The molecule has 0 aliphatic carbocycles. The average molecular weight is 269 g/mol. The largest absolute Gasteiger partial charge is 0.392 e. The molecule has 1 amide bonds. The number of aliphatic hydroxyl groups is 1. The molecule has 0 aromatic carbocycles. The molecular formula is C14H27N3O2. The van der Waals surface area contributed by atoms with Crippen LogP contribution < -0.4 is 5.32 Å². The zero-order valence-corrected chi connectivity index (χ0v) is 12.1. The van der Waals surface area contributed by atoms with Gasteiger partial charge in [-0.05, 0) is 33.1 Å². The molecule has 5 heteroatoms. The van der Waals surface area contributed by atoms with E-state index in [0.29, 0.717) is 25.2 Å². The van der Waals surface area contributed by atoms with Crippen LogP contribution >= 0.6 is 0 Å². The van der Waals surface area contributed by atoms with Gasteiger partial charge in [0.05, 0.1) is 12.6 Å². The Balaban J connectivity index is 1.66. The number of likely N-dealkylation sites (tertiary alicyclic amines) is 2. The zero-order chi connectivity index (χ0) is 13.8. The molecule has 19 heavy (non-hydrogen) atoms. The van der Waals surface area contributed by atoms with E-state index in [0.717, 1.165) is 38.9 Å². The van der Waals surface area contributed by atoms with E-state index in [2.05, 4.69) is 24.1 Å². The van der Waals surface area contributed by atoms with Crippen molar-refractivity contribution in [2.75, 3.05) is 32.7 Å². The SMILES string of the molecule is CC(C)N1CCC(NC(=O)CN2CC[C@H](O)C2)CC1. The quantitative estimate of drug-likeness (QED) is 0.757. The van der Waals surface area contributed by atoms with Gasteiger partial charge in [-0.3, -0.25) is 9.69 Å². The Bertz CT molecular complexity index is 301. The van der Waals surface area contributed by atoms with Gasteiger partial charge < -0.3 is 15.3 Å². The van der Waals surface area contributed by atoms with Gasteiger partial charge in [-0.2, -0.15) is 0 Å². The van der Waals surface area contributed by atoms with Crippen molar-refractivity contribution in [3.05, 3.63) is 0 Å². The summed E-state index contributed by atoms with van der Waals surface area (Å²) in [5.74, 6) is 0.108. The Morgan fingerprint density at radius 1 is 1.26 bits per heavy atom. The van der Waals surface area contributed by atoms with Crippen LogP contribution in [-0.4, -0.2) is 71.7 Å². The number of hydrogen-bond acceptors (Lipinski definition) is 4. The van der Waals surface area contributed by atoms with Gasteiger partial charge in [0, 0.05) is 38.3 Å². The van der Waals surface area contributed by atoms with E-state index in [-0.39, 0.29) is 12.0 Å². The summed E-state index contributed by atoms with van der Waals surface area (Å²) in [6.07, 6.45) is 2.64. The second kappa shape index (κ2) is 6.68. The highest BCUT2D eigenvalue weighted by Crippen LogP contribution is 2.13. The molecule has 5 nitrogen and oxygen atoms in total. The summed E-state index contributed by atoms with van der Waals surface area (Å²) in [7, 11) is 0. The first kappa shape index (κ1) is 14.8. The van der Waals surface area contributed by atoms with E-state index in [1.807, 2.05) is 4.90 Å². The normalized spacial score (nSPS) is 27.1. The zero-order valence-electron chi connectivity index (χ0n) is 12.1. The predicted octanol–water partition coefficient (Wildman–Crippen LogP) is 0.0420. The highest BCUT2D eigenvalue weighted by Gasteiger charge is 2.25. The van der Waals surface area contributed by atoms with Crippen LogP contribution in [0.2, 0.25) is 0 Å². The van der Waals surface area contributed by atoms with Gasteiger partial charge in [-0.15, -0.1) is 0 Å². The first-order valence-electron chi connectivity index (χ1n) is 7.48. The minimum Gasteiger partial charge on any atom is -0.392 e. The van der Waals surface area contributed by atoms with Crippen molar-refractivity contribution in [1.82, 2.24) is 15.1 Å². The number of nitrogens with zero attached hydrogens (tertiary/aromatic N) is 2. The van der Waals surface area contributed by atoms with Crippen LogP contribution in [0.4, 0.5) is 0 Å². The molecule has 2 N–H and O–H groups in total. The van der Waals surface area contributed by atoms with Crippen molar-refractivity contribution < 1.29 is 9.90 Å². The number of rotatable bonds is 4. The lowest BCUT2D eigenvalue weighted by Gasteiger charge is -2.35. The maximum absolute atomic E-state index is 11.9. The van der Waals surface area contributed by atoms with Crippen LogP contribution in [0.15, 0.2) is 0 Å². The highest BCUT2D eigenvalue weighted by atomic mass is 16.3. The molecule has 0 unspecified atom stereocenters. The van der Waals surface area contributed by atoms with Crippen LogP contribution in [0.25, 0.3) is 0 Å². The molecule has 0 aromatic rings. The molecule has 2 heterocycles. The minimum atomic E-state index is -0.248. The lowest BCUT2D eigenvalue weighted by Crippen LogP contribution is -2.48. The number of β-amino-alcohol motifs (C(OH)–C–C–N with tert-alkyl or cyclic N) is 1. The molecule has 1 atom stereocenters. The van der Waals surface area contributed by atoms with E-state index in [9.17, 15) is 9.90 Å². The monoisotopic (exact) mass is 269 g/mol. The molecule has 0 radical (unpaired) electrons. The molecule has 0 aromatic heterocycles. The fourth-order valence-corrected chi connectivity index (χ4v) is 2.99. The molecule has 2 saturated heterocycles. The number of carbonyl (C=O) groups is 1. The average Bonchev–Trinajstić information content (AvgIpc) is 2.75. The maximum atomic E-state index is 11.9. The van der Waals surface area contributed by atoms with E-state index >= 15 is 0 Å². The van der Waals surface area contributed by atoms with Crippen molar-refractivity contribution >= 4 is 5.91 Å². The van der Waals surface area contributed by atoms with E-state index in [4.69, 9.17) is 0 Å². The Morgan fingerprint density at radius 3 is 2.47 bits per heavy atom. The predicted molar refractivity (Wildman–Crippen MR) is 74.9 cm³/mol. The summed E-state index contributed by atoms with van der Waals surface area (Å²) < 4.78 is 0. The Kier molecular flexibility index (Phi) is 5.19. The number of nitrogens with one attached hydrogen (secondary N) is 1. The van der Waals surface area contributed by atoms with Crippen LogP contribution in [0.1, 0.15) is 33.1 Å². The minimum absolute atomic E-state index is 0.108. The molecule has 2 aliphatic rings. The summed E-state index contributed by atoms with van der Waals surface area (Å²) in [5.41, 5.74) is 0. The summed E-state index contributed by atoms with van der Waals surface area (Å²) in [4.78, 5) is 16.4. The summed E-state index contributed by atoms with van der Waals surface area (Å²) in [6, 6.07) is 0.928. The number of aliphatic hydroxyl groups excluding tert-OH is 1. The number of amides is 1. The first-order valence-corrected chi connectivity index (χ1v) is 7.48. The third-order valence-corrected chi connectivity index (χ3v) is 4.24. The van der Waals surface area contributed by atoms with Crippen molar-refractivity contribution in [2.24, 2.45) is 0 Å². The van der Waals surface area contributed by atoms with Gasteiger partial charge in [0.15, 0.2) is 0 Å². The molecule has 0 saturated carbocycles. The molecule has 2 rings (SSSR count). The highest BCUT2D eigenvalue weighted by molar-refractivity contribution is 5.78. The molecule has 2 fully saturated rings. The second-order valence-electron chi connectivity index (χ2n) is 6.15. The number of piperidine rings is 1. The van der Waals surface area contributed by atoms with Crippen molar-refractivity contribution in [2.45, 2.75) is 51.3 Å². The van der Waals surface area contributed by atoms with Crippen molar-refractivity contribution in [3.63, 3.8) is 0 Å². The molecule has 0 spiro atoms. The molecule has 110 valence electrons. The van der Waals surface area contributed by atoms with Gasteiger partial charge in [-0.25, -0.2) is 0 Å². The van der Waals surface area contributed by atoms with E-state index in [1.54, 1.807) is 0 Å².